The second-order valence-corrected chi connectivity index (χ2v) is 7.57. The summed E-state index contributed by atoms with van der Waals surface area (Å²) in [7, 11) is 0. The van der Waals surface area contributed by atoms with E-state index >= 15 is 0 Å². The largest absolute Gasteiger partial charge is 0.457 e. The molecule has 2 heterocycles. The van der Waals surface area contributed by atoms with E-state index in [0.717, 1.165) is 62.5 Å². The van der Waals surface area contributed by atoms with Crippen LogP contribution in [0.5, 0.6) is 11.5 Å². The van der Waals surface area contributed by atoms with Gasteiger partial charge in [0, 0.05) is 37.0 Å². The van der Waals surface area contributed by atoms with Gasteiger partial charge in [0.05, 0.1) is 0 Å². The monoisotopic (exact) mass is 389 g/mol. The molecule has 29 heavy (non-hydrogen) atoms. The van der Waals surface area contributed by atoms with E-state index < -0.39 is 0 Å². The highest BCUT2D eigenvalue weighted by molar-refractivity contribution is 5.98. The molecule has 1 saturated heterocycles. The first-order valence-electron chi connectivity index (χ1n) is 10.3. The fourth-order valence-corrected chi connectivity index (χ4v) is 3.91. The van der Waals surface area contributed by atoms with Crippen molar-refractivity contribution >= 4 is 5.78 Å². The van der Waals surface area contributed by atoms with Gasteiger partial charge < -0.3 is 9.64 Å². The molecule has 2 aromatic carbocycles. The maximum atomic E-state index is 13.0. The van der Waals surface area contributed by atoms with Crippen molar-refractivity contribution in [2.75, 3.05) is 19.6 Å². The summed E-state index contributed by atoms with van der Waals surface area (Å²) in [5.74, 6) is 1.86. The number of carbonyl (C=O) groups excluding carboxylic acids is 1. The topological polar surface area (TPSA) is 47.4 Å². The van der Waals surface area contributed by atoms with Crippen LogP contribution in [0.15, 0.2) is 73.1 Å². The first kappa shape index (κ1) is 19.4. The highest BCUT2D eigenvalue weighted by atomic mass is 16.5. The van der Waals surface area contributed by atoms with E-state index in [2.05, 4.69) is 10.00 Å². The Morgan fingerprint density at radius 1 is 1.00 bits per heavy atom. The minimum Gasteiger partial charge on any atom is -0.457 e. The zero-order chi connectivity index (χ0) is 19.9. The van der Waals surface area contributed by atoms with E-state index in [0.29, 0.717) is 0 Å². The number of aryl methyl sites for hydroxylation is 1. The molecule has 1 atom stereocenters. The van der Waals surface area contributed by atoms with Crippen molar-refractivity contribution in [3.63, 3.8) is 0 Å². The number of hydrogen-bond acceptors (Lipinski definition) is 4. The summed E-state index contributed by atoms with van der Waals surface area (Å²) in [5.41, 5.74) is 0.772. The molecule has 1 unspecified atom stereocenters. The quantitative estimate of drug-likeness (QED) is 0.526. The second-order valence-electron chi connectivity index (χ2n) is 7.57. The van der Waals surface area contributed by atoms with Gasteiger partial charge in [-0.05, 0) is 74.8 Å². The van der Waals surface area contributed by atoms with Gasteiger partial charge in [-0.25, -0.2) is 0 Å². The van der Waals surface area contributed by atoms with Crippen LogP contribution in [0.3, 0.4) is 0 Å². The summed E-state index contributed by atoms with van der Waals surface area (Å²) < 4.78 is 7.79. The number of ether oxygens (including phenoxy) is 1. The van der Waals surface area contributed by atoms with Crippen LogP contribution in [0.25, 0.3) is 0 Å². The third kappa shape index (κ3) is 5.33. The molecule has 3 aromatic rings. The van der Waals surface area contributed by atoms with Crippen LogP contribution in [0.2, 0.25) is 0 Å². The van der Waals surface area contributed by atoms with Gasteiger partial charge in [0.25, 0.3) is 0 Å². The Hall–Kier alpha value is -2.92. The zero-order valence-corrected chi connectivity index (χ0v) is 16.6. The first-order valence-corrected chi connectivity index (χ1v) is 10.3. The highest BCUT2D eigenvalue weighted by Gasteiger charge is 2.26. The first-order chi connectivity index (χ1) is 14.3. The third-order valence-electron chi connectivity index (χ3n) is 5.41. The lowest BCUT2D eigenvalue weighted by Crippen LogP contribution is -2.39. The lowest BCUT2D eigenvalue weighted by molar-refractivity contribution is 0.0817. The van der Waals surface area contributed by atoms with E-state index in [1.165, 1.54) is 0 Å². The number of nitrogens with zero attached hydrogens (tertiary/aromatic N) is 3. The fourth-order valence-electron chi connectivity index (χ4n) is 3.91. The smallest absolute Gasteiger partial charge is 0.167 e. The van der Waals surface area contributed by atoms with Crippen LogP contribution in [-0.4, -0.2) is 40.1 Å². The van der Waals surface area contributed by atoms with E-state index in [1.54, 1.807) is 0 Å². The number of aromatic nitrogens is 2. The molecule has 0 radical (unpaired) electrons. The van der Waals surface area contributed by atoms with Crippen LogP contribution in [0, 0.1) is 5.92 Å². The average molecular weight is 389 g/mol. The number of ketones is 1. The number of para-hydroxylation sites is 1. The average Bonchev–Trinajstić information content (AvgIpc) is 3.28. The Morgan fingerprint density at radius 3 is 2.55 bits per heavy atom. The Kier molecular flexibility index (Phi) is 6.37. The molecule has 1 aliphatic heterocycles. The van der Waals surface area contributed by atoms with E-state index in [1.807, 2.05) is 77.7 Å². The van der Waals surface area contributed by atoms with Crippen LogP contribution in [0.1, 0.15) is 29.6 Å². The Balaban J connectivity index is 1.30. The Bertz CT molecular complexity index is 892. The molecule has 0 bridgehead atoms. The van der Waals surface area contributed by atoms with Crippen molar-refractivity contribution in [1.29, 1.82) is 0 Å². The van der Waals surface area contributed by atoms with Gasteiger partial charge in [-0.2, -0.15) is 5.10 Å². The van der Waals surface area contributed by atoms with Gasteiger partial charge in [-0.15, -0.1) is 0 Å². The SMILES string of the molecule is O=C(c1ccc(Oc2ccccc2)cc1)C1CCCN(CCCn2cccn2)C1. The van der Waals surface area contributed by atoms with Gasteiger partial charge in [0.1, 0.15) is 11.5 Å². The lowest BCUT2D eigenvalue weighted by Gasteiger charge is -2.32. The van der Waals surface area contributed by atoms with Crippen LogP contribution in [0.4, 0.5) is 0 Å². The van der Waals surface area contributed by atoms with Gasteiger partial charge in [-0.3, -0.25) is 9.48 Å². The molecule has 5 heteroatoms. The van der Waals surface area contributed by atoms with E-state index in [9.17, 15) is 4.79 Å². The fraction of sp³-hybridized carbons (Fsp3) is 0.333. The molecule has 0 amide bonds. The molecular weight excluding hydrogens is 362 g/mol. The number of hydrogen-bond donors (Lipinski definition) is 0. The predicted octanol–water partition coefficient (Wildman–Crippen LogP) is 4.66. The summed E-state index contributed by atoms with van der Waals surface area (Å²) in [6.07, 6.45) is 6.90. The Morgan fingerprint density at radius 2 is 1.79 bits per heavy atom. The molecule has 150 valence electrons. The maximum absolute atomic E-state index is 13.0. The third-order valence-corrected chi connectivity index (χ3v) is 5.41. The number of likely N-dealkylation sites (tertiary alicyclic amines) is 1. The number of benzene rings is 2. The zero-order valence-electron chi connectivity index (χ0n) is 16.6. The normalized spacial score (nSPS) is 17.2. The molecule has 0 saturated carbocycles. The van der Waals surface area contributed by atoms with Crippen LogP contribution >= 0.6 is 0 Å². The van der Waals surface area contributed by atoms with Gasteiger partial charge >= 0.3 is 0 Å². The molecule has 1 aromatic heterocycles. The highest BCUT2D eigenvalue weighted by Crippen LogP contribution is 2.25. The molecule has 4 rings (SSSR count). The summed E-state index contributed by atoms with van der Waals surface area (Å²) in [5, 5.41) is 4.25. The maximum Gasteiger partial charge on any atom is 0.167 e. The van der Waals surface area contributed by atoms with Crippen molar-refractivity contribution in [3.8, 4) is 11.5 Å². The second kappa shape index (κ2) is 9.52. The number of piperidine rings is 1. The molecule has 0 aliphatic carbocycles. The minimum absolute atomic E-state index is 0.0781. The van der Waals surface area contributed by atoms with Crippen molar-refractivity contribution in [2.45, 2.75) is 25.8 Å². The summed E-state index contributed by atoms with van der Waals surface area (Å²) in [6, 6.07) is 19.2. The van der Waals surface area contributed by atoms with E-state index in [4.69, 9.17) is 4.74 Å². The molecule has 5 nitrogen and oxygen atoms in total. The Labute approximate surface area is 171 Å². The molecule has 0 spiro atoms. The number of Topliss-reactive ketones (excluding diaryl/α,β-unsaturated/α-hetero) is 1. The number of carbonyl (C=O) groups is 1. The lowest BCUT2D eigenvalue weighted by atomic mass is 9.90. The predicted molar refractivity (Wildman–Crippen MR) is 113 cm³/mol. The van der Waals surface area contributed by atoms with E-state index in [-0.39, 0.29) is 11.7 Å². The molecule has 1 fully saturated rings. The minimum atomic E-state index is 0.0781. The van der Waals surface area contributed by atoms with Crippen LogP contribution in [-0.2, 0) is 6.54 Å². The summed E-state index contributed by atoms with van der Waals surface area (Å²) in [4.78, 5) is 15.4. The standard InChI is InChI=1S/C24H27N3O2/c28-24(20-10-12-23(13-11-20)29-22-8-2-1-3-9-22)21-7-4-15-26(19-21)16-6-18-27-17-5-14-25-27/h1-3,5,8-14,17,21H,4,6-7,15-16,18-19H2. The molecule has 1 aliphatic rings. The molecular formula is C24H27N3O2. The van der Waals surface area contributed by atoms with Crippen molar-refractivity contribution in [2.24, 2.45) is 5.92 Å². The summed E-state index contributed by atoms with van der Waals surface area (Å²) in [6.45, 7) is 3.85. The van der Waals surface area contributed by atoms with Crippen molar-refractivity contribution < 1.29 is 9.53 Å². The van der Waals surface area contributed by atoms with Gasteiger partial charge in [0.2, 0.25) is 0 Å². The van der Waals surface area contributed by atoms with Crippen LogP contribution < -0.4 is 4.74 Å². The van der Waals surface area contributed by atoms with Crippen molar-refractivity contribution in [1.82, 2.24) is 14.7 Å². The van der Waals surface area contributed by atoms with Gasteiger partial charge in [0.15, 0.2) is 5.78 Å². The summed E-state index contributed by atoms with van der Waals surface area (Å²) >= 11 is 0. The van der Waals surface area contributed by atoms with Crippen molar-refractivity contribution in [3.05, 3.63) is 78.6 Å². The number of rotatable bonds is 8. The van der Waals surface area contributed by atoms with Gasteiger partial charge in [-0.1, -0.05) is 18.2 Å². The molecule has 0 N–H and O–H groups in total.